The fourth-order valence-electron chi connectivity index (χ4n) is 2.36. The number of nitrogen functional groups attached to an aromatic ring is 1. The molecule has 0 fully saturated rings. The van der Waals surface area contributed by atoms with Crippen molar-refractivity contribution in [1.82, 2.24) is 4.98 Å². The second kappa shape index (κ2) is 8.05. The Hall–Kier alpha value is -2.47. The zero-order chi connectivity index (χ0) is 19.6. The molecule has 8 heteroatoms. The fraction of sp³-hybridized carbons (Fsp3) is 0.0526. The van der Waals surface area contributed by atoms with E-state index in [-0.39, 0.29) is 27.3 Å². The van der Waals surface area contributed by atoms with E-state index < -0.39 is 5.91 Å². The predicted octanol–water partition coefficient (Wildman–Crippen LogP) is 5.98. The lowest BCUT2D eigenvalue weighted by Crippen LogP contribution is -2.15. The van der Waals surface area contributed by atoms with Crippen molar-refractivity contribution >= 4 is 52.2 Å². The molecule has 0 saturated heterocycles. The molecule has 0 unspecified atom stereocenters. The van der Waals surface area contributed by atoms with Gasteiger partial charge in [0, 0.05) is 11.1 Å². The number of benzene rings is 2. The van der Waals surface area contributed by atoms with Crippen molar-refractivity contribution in [2.75, 3.05) is 11.1 Å². The molecule has 5 nitrogen and oxygen atoms in total. The van der Waals surface area contributed by atoms with Crippen LogP contribution in [0.4, 0.5) is 11.5 Å². The smallest absolute Gasteiger partial charge is 0.258 e. The van der Waals surface area contributed by atoms with Gasteiger partial charge in [0.1, 0.15) is 5.75 Å². The number of rotatable bonds is 4. The van der Waals surface area contributed by atoms with Crippen molar-refractivity contribution in [2.45, 2.75) is 6.92 Å². The Morgan fingerprint density at radius 2 is 1.78 bits per heavy atom. The Morgan fingerprint density at radius 1 is 1.07 bits per heavy atom. The van der Waals surface area contributed by atoms with E-state index in [1.165, 1.54) is 0 Å². The zero-order valence-corrected chi connectivity index (χ0v) is 16.4. The van der Waals surface area contributed by atoms with Gasteiger partial charge in [-0.15, -0.1) is 0 Å². The summed E-state index contributed by atoms with van der Waals surface area (Å²) >= 11 is 18.0. The first kappa shape index (κ1) is 19.3. The van der Waals surface area contributed by atoms with Gasteiger partial charge in [-0.2, -0.15) is 4.98 Å². The Morgan fingerprint density at radius 3 is 2.41 bits per heavy atom. The number of pyridine rings is 1. The van der Waals surface area contributed by atoms with Gasteiger partial charge in [0.25, 0.3) is 5.91 Å². The molecule has 27 heavy (non-hydrogen) atoms. The lowest BCUT2D eigenvalue weighted by atomic mass is 10.2. The monoisotopic (exact) mass is 421 g/mol. The van der Waals surface area contributed by atoms with Crippen molar-refractivity contribution in [2.24, 2.45) is 0 Å². The van der Waals surface area contributed by atoms with Crippen molar-refractivity contribution in [1.29, 1.82) is 0 Å². The number of ether oxygens (including phenoxy) is 1. The van der Waals surface area contributed by atoms with Crippen LogP contribution in [-0.2, 0) is 0 Å². The average Bonchev–Trinajstić information content (AvgIpc) is 2.59. The molecule has 0 aliphatic heterocycles. The van der Waals surface area contributed by atoms with Gasteiger partial charge in [-0.25, -0.2) is 0 Å². The van der Waals surface area contributed by atoms with Gasteiger partial charge >= 0.3 is 0 Å². The van der Waals surface area contributed by atoms with Gasteiger partial charge in [0.2, 0.25) is 5.88 Å². The lowest BCUT2D eigenvalue weighted by molar-refractivity contribution is 0.102. The number of nitrogens with two attached hydrogens (primary N) is 1. The summed E-state index contributed by atoms with van der Waals surface area (Å²) in [5.74, 6) is 0.495. The number of halogens is 3. The second-order valence-corrected chi connectivity index (χ2v) is 6.90. The van der Waals surface area contributed by atoms with Gasteiger partial charge in [0.05, 0.1) is 21.3 Å². The molecule has 1 heterocycles. The fourth-order valence-corrected chi connectivity index (χ4v) is 3.15. The predicted molar refractivity (Wildman–Crippen MR) is 109 cm³/mol. The van der Waals surface area contributed by atoms with E-state index in [2.05, 4.69) is 10.3 Å². The summed E-state index contributed by atoms with van der Waals surface area (Å²) in [4.78, 5) is 16.6. The van der Waals surface area contributed by atoms with Gasteiger partial charge < -0.3 is 15.8 Å². The molecular weight excluding hydrogens is 409 g/mol. The number of amides is 1. The van der Waals surface area contributed by atoms with Crippen LogP contribution in [0.3, 0.4) is 0 Å². The third kappa shape index (κ3) is 4.45. The Balaban J connectivity index is 1.80. The van der Waals surface area contributed by atoms with Gasteiger partial charge in [-0.1, -0.05) is 40.9 Å². The summed E-state index contributed by atoms with van der Waals surface area (Å²) < 4.78 is 5.72. The molecule has 3 N–H and O–H groups in total. The van der Waals surface area contributed by atoms with Crippen LogP contribution in [0.15, 0.2) is 48.5 Å². The third-order valence-electron chi connectivity index (χ3n) is 3.69. The number of nitrogens with one attached hydrogen (secondary N) is 1. The van der Waals surface area contributed by atoms with Crippen molar-refractivity contribution in [3.05, 3.63) is 74.7 Å². The van der Waals surface area contributed by atoms with Crippen LogP contribution in [-0.4, -0.2) is 10.9 Å². The summed E-state index contributed by atoms with van der Waals surface area (Å²) in [5, 5.41) is 3.75. The van der Waals surface area contributed by atoms with Gasteiger partial charge in [-0.3, -0.25) is 4.79 Å². The number of nitrogens with zero attached hydrogens (tertiary/aromatic N) is 1. The summed E-state index contributed by atoms with van der Waals surface area (Å²) in [7, 11) is 0. The van der Waals surface area contributed by atoms with Crippen LogP contribution in [0.1, 0.15) is 15.9 Å². The number of aryl methyl sites for hydroxylation is 1. The van der Waals surface area contributed by atoms with Crippen LogP contribution < -0.4 is 15.8 Å². The molecule has 0 aliphatic rings. The molecule has 3 rings (SSSR count). The van der Waals surface area contributed by atoms with E-state index in [1.54, 1.807) is 48.5 Å². The molecule has 2 aromatic carbocycles. The van der Waals surface area contributed by atoms with Crippen molar-refractivity contribution < 1.29 is 9.53 Å². The summed E-state index contributed by atoms with van der Waals surface area (Å²) in [6, 6.07) is 13.2. The highest BCUT2D eigenvalue weighted by Gasteiger charge is 2.16. The molecule has 1 aromatic heterocycles. The summed E-state index contributed by atoms with van der Waals surface area (Å²) in [5.41, 5.74) is 7.28. The maximum absolute atomic E-state index is 12.5. The molecule has 0 atom stereocenters. The highest BCUT2D eigenvalue weighted by atomic mass is 35.5. The first-order valence-corrected chi connectivity index (χ1v) is 8.94. The third-order valence-corrected chi connectivity index (χ3v) is 4.55. The Kier molecular flexibility index (Phi) is 5.75. The van der Waals surface area contributed by atoms with E-state index in [0.717, 1.165) is 5.56 Å². The highest BCUT2D eigenvalue weighted by molar-refractivity contribution is 6.40. The number of carbonyl (C=O) groups excluding carboxylic acids is 1. The average molecular weight is 423 g/mol. The lowest BCUT2D eigenvalue weighted by Gasteiger charge is -2.12. The van der Waals surface area contributed by atoms with Crippen LogP contribution in [0.5, 0.6) is 11.6 Å². The molecule has 0 radical (unpaired) electrons. The molecule has 3 aromatic rings. The summed E-state index contributed by atoms with van der Waals surface area (Å²) in [6.45, 7) is 1.87. The normalized spacial score (nSPS) is 10.5. The number of anilines is 2. The standard InChI is InChI=1S/C19H14Cl3N3O2/c1-10-9-11(20)5-7-15(10)27-16-8-6-14(18(23)25-16)24-19(26)17-12(21)3-2-4-13(17)22/h2-9H,1H3,(H2,23,25)(H,24,26). The molecule has 138 valence electrons. The SMILES string of the molecule is Cc1cc(Cl)ccc1Oc1ccc(NC(=O)c2c(Cl)cccc2Cl)c(N)n1. The maximum atomic E-state index is 12.5. The molecule has 0 bridgehead atoms. The summed E-state index contributed by atoms with van der Waals surface area (Å²) in [6.07, 6.45) is 0. The van der Waals surface area contributed by atoms with Crippen molar-refractivity contribution in [3.8, 4) is 11.6 Å². The van der Waals surface area contributed by atoms with E-state index in [9.17, 15) is 4.79 Å². The number of aromatic nitrogens is 1. The number of hydrogen-bond donors (Lipinski definition) is 2. The maximum Gasteiger partial charge on any atom is 0.258 e. The highest BCUT2D eigenvalue weighted by Crippen LogP contribution is 2.30. The van der Waals surface area contributed by atoms with E-state index in [0.29, 0.717) is 16.5 Å². The number of hydrogen-bond acceptors (Lipinski definition) is 4. The van der Waals surface area contributed by atoms with Crippen molar-refractivity contribution in [3.63, 3.8) is 0 Å². The first-order valence-electron chi connectivity index (χ1n) is 7.81. The molecule has 0 saturated carbocycles. The Bertz CT molecular complexity index is 1000. The second-order valence-electron chi connectivity index (χ2n) is 5.64. The molecule has 1 amide bonds. The quantitative estimate of drug-likeness (QED) is 0.542. The largest absolute Gasteiger partial charge is 0.439 e. The topological polar surface area (TPSA) is 77.2 Å². The zero-order valence-electron chi connectivity index (χ0n) is 14.1. The Labute approximate surface area is 171 Å². The van der Waals surface area contributed by atoms with Crippen LogP contribution in [0, 0.1) is 6.92 Å². The van der Waals surface area contributed by atoms with Crippen LogP contribution in [0.25, 0.3) is 0 Å². The van der Waals surface area contributed by atoms with Crippen LogP contribution in [0.2, 0.25) is 15.1 Å². The minimum Gasteiger partial charge on any atom is -0.439 e. The first-order chi connectivity index (χ1) is 12.8. The van der Waals surface area contributed by atoms with E-state index in [4.69, 9.17) is 45.3 Å². The molecule has 0 spiro atoms. The molecular formula is C19H14Cl3N3O2. The minimum absolute atomic E-state index is 0.0932. The molecule has 0 aliphatic carbocycles. The number of carbonyl (C=O) groups is 1. The van der Waals surface area contributed by atoms with Crippen LogP contribution >= 0.6 is 34.8 Å². The minimum atomic E-state index is -0.485. The van der Waals surface area contributed by atoms with Gasteiger partial charge in [-0.05, 0) is 48.9 Å². The van der Waals surface area contributed by atoms with Gasteiger partial charge in [0.15, 0.2) is 5.82 Å². The van der Waals surface area contributed by atoms with E-state index >= 15 is 0 Å². The van der Waals surface area contributed by atoms with E-state index in [1.807, 2.05) is 6.92 Å².